The topological polar surface area (TPSA) is 73.1 Å². The van der Waals surface area contributed by atoms with E-state index in [1.807, 2.05) is 36.6 Å². The van der Waals surface area contributed by atoms with Crippen molar-refractivity contribution in [1.29, 1.82) is 0 Å². The molecule has 0 atom stereocenters. The summed E-state index contributed by atoms with van der Waals surface area (Å²) in [6.07, 6.45) is -0.378. The molecule has 1 heterocycles. The summed E-state index contributed by atoms with van der Waals surface area (Å²) in [6.45, 7) is 1.49. The van der Waals surface area contributed by atoms with Crippen molar-refractivity contribution >= 4 is 46.3 Å². The number of imidazole rings is 1. The van der Waals surface area contributed by atoms with Gasteiger partial charge in [0.2, 0.25) is 0 Å². The standard InChI is InChI=1S/C26H22Cl2F3N5S/c1-15-34-25(26(29,30)31)14-35(15)22-9-7-17(16-4-3-5-19(10-16)37-2)12-23(22)36(33)24(13-32)18-6-8-20(27)21(28)11-18/h3-14H,32-33H2,1-2H3/b24-13-. The third-order valence-corrected chi connectivity index (χ3v) is 7.17. The molecular formula is C26H22Cl2F3N5S. The van der Waals surface area contributed by atoms with Gasteiger partial charge in [-0.1, -0.05) is 47.5 Å². The van der Waals surface area contributed by atoms with Crippen molar-refractivity contribution < 1.29 is 13.2 Å². The second-order valence-electron chi connectivity index (χ2n) is 8.03. The van der Waals surface area contributed by atoms with Gasteiger partial charge in [0.15, 0.2) is 5.69 Å². The number of hydrogen-bond acceptors (Lipinski definition) is 5. The summed E-state index contributed by atoms with van der Waals surface area (Å²) >= 11 is 13.9. The largest absolute Gasteiger partial charge is 0.434 e. The Hall–Kier alpha value is -3.11. The van der Waals surface area contributed by atoms with Crippen molar-refractivity contribution in [2.45, 2.75) is 18.0 Å². The van der Waals surface area contributed by atoms with E-state index in [9.17, 15) is 13.2 Å². The summed E-state index contributed by atoms with van der Waals surface area (Å²) in [5.74, 6) is 6.75. The maximum absolute atomic E-state index is 13.4. The van der Waals surface area contributed by atoms with Gasteiger partial charge in [0.05, 0.1) is 27.1 Å². The lowest BCUT2D eigenvalue weighted by molar-refractivity contribution is -0.141. The number of aromatic nitrogens is 2. The first-order valence-electron chi connectivity index (χ1n) is 10.9. The molecule has 192 valence electrons. The van der Waals surface area contributed by atoms with Gasteiger partial charge in [-0.05, 0) is 60.7 Å². The molecule has 0 aliphatic heterocycles. The summed E-state index contributed by atoms with van der Waals surface area (Å²) in [4.78, 5) is 4.77. The molecule has 0 bridgehead atoms. The fraction of sp³-hybridized carbons (Fsp3) is 0.115. The Bertz CT molecular complexity index is 1480. The molecule has 1 aromatic heterocycles. The predicted molar refractivity (Wildman–Crippen MR) is 146 cm³/mol. The summed E-state index contributed by atoms with van der Waals surface area (Å²) in [5.41, 5.74) is 8.40. The maximum Gasteiger partial charge on any atom is 0.434 e. The number of alkyl halides is 3. The molecule has 3 aromatic carbocycles. The van der Waals surface area contributed by atoms with E-state index < -0.39 is 11.9 Å². The van der Waals surface area contributed by atoms with Gasteiger partial charge in [-0.25, -0.2) is 10.8 Å². The van der Waals surface area contributed by atoms with E-state index in [2.05, 4.69) is 4.98 Å². The quantitative estimate of drug-likeness (QED) is 0.144. The molecule has 4 aromatic rings. The average Bonchev–Trinajstić information content (AvgIpc) is 3.28. The van der Waals surface area contributed by atoms with Crippen LogP contribution in [-0.4, -0.2) is 15.8 Å². The minimum Gasteiger partial charge on any atom is -0.403 e. The highest BCUT2D eigenvalue weighted by molar-refractivity contribution is 7.98. The van der Waals surface area contributed by atoms with Crippen molar-refractivity contribution in [2.75, 3.05) is 11.3 Å². The minimum atomic E-state index is -4.60. The van der Waals surface area contributed by atoms with Gasteiger partial charge in [0.1, 0.15) is 5.82 Å². The Kier molecular flexibility index (Phi) is 7.80. The van der Waals surface area contributed by atoms with Gasteiger partial charge in [0.25, 0.3) is 0 Å². The number of anilines is 1. The number of rotatable bonds is 6. The van der Waals surface area contributed by atoms with Crippen LogP contribution in [0.5, 0.6) is 0 Å². The summed E-state index contributed by atoms with van der Waals surface area (Å²) in [6, 6.07) is 18.1. The van der Waals surface area contributed by atoms with Crippen LogP contribution in [0.2, 0.25) is 10.0 Å². The molecule has 0 fully saturated rings. The molecular weight excluding hydrogens is 542 g/mol. The predicted octanol–water partition coefficient (Wildman–Crippen LogP) is 7.53. The molecule has 0 amide bonds. The lowest BCUT2D eigenvalue weighted by Crippen LogP contribution is -2.31. The smallest absolute Gasteiger partial charge is 0.403 e. The molecule has 0 saturated carbocycles. The summed E-state index contributed by atoms with van der Waals surface area (Å²) < 4.78 is 41.6. The third-order valence-electron chi connectivity index (χ3n) is 5.70. The van der Waals surface area contributed by atoms with E-state index in [1.165, 1.54) is 22.7 Å². The van der Waals surface area contributed by atoms with Gasteiger partial charge in [-0.2, -0.15) is 13.2 Å². The SMILES string of the molecule is CSc1cccc(-c2ccc(-n3cc(C(F)(F)F)nc3C)c(N(N)/C(=C\N)c3ccc(Cl)c(Cl)c3)c2)c1. The second kappa shape index (κ2) is 10.7. The van der Waals surface area contributed by atoms with Gasteiger partial charge in [-0.3, -0.25) is 5.01 Å². The van der Waals surface area contributed by atoms with Gasteiger partial charge in [-0.15, -0.1) is 11.8 Å². The lowest BCUT2D eigenvalue weighted by Gasteiger charge is -2.26. The van der Waals surface area contributed by atoms with E-state index in [0.717, 1.165) is 22.2 Å². The van der Waals surface area contributed by atoms with Crippen LogP contribution in [0.1, 0.15) is 17.1 Å². The highest BCUT2D eigenvalue weighted by Crippen LogP contribution is 2.37. The highest BCUT2D eigenvalue weighted by Gasteiger charge is 2.34. The first-order chi connectivity index (χ1) is 17.5. The molecule has 0 aliphatic carbocycles. The fourth-order valence-electron chi connectivity index (χ4n) is 3.86. The Morgan fingerprint density at radius 3 is 2.38 bits per heavy atom. The van der Waals surface area contributed by atoms with E-state index in [0.29, 0.717) is 32.7 Å². The zero-order chi connectivity index (χ0) is 26.9. The molecule has 0 saturated heterocycles. The zero-order valence-electron chi connectivity index (χ0n) is 19.7. The maximum atomic E-state index is 13.4. The van der Waals surface area contributed by atoms with Gasteiger partial charge in [0, 0.05) is 22.9 Å². The van der Waals surface area contributed by atoms with Crippen LogP contribution in [-0.2, 0) is 6.18 Å². The number of nitrogens with two attached hydrogens (primary N) is 2. The van der Waals surface area contributed by atoms with Crippen LogP contribution < -0.4 is 16.6 Å². The van der Waals surface area contributed by atoms with Crippen LogP contribution >= 0.6 is 35.0 Å². The van der Waals surface area contributed by atoms with Crippen molar-refractivity contribution in [3.05, 3.63) is 100 Å². The Morgan fingerprint density at radius 2 is 1.76 bits per heavy atom. The summed E-state index contributed by atoms with van der Waals surface area (Å²) in [7, 11) is 0. The van der Waals surface area contributed by atoms with E-state index in [-0.39, 0.29) is 5.82 Å². The van der Waals surface area contributed by atoms with Crippen molar-refractivity contribution in [3.8, 4) is 16.8 Å². The number of aryl methyl sites for hydroxylation is 1. The minimum absolute atomic E-state index is 0.145. The van der Waals surface area contributed by atoms with E-state index in [1.54, 1.807) is 42.1 Å². The van der Waals surface area contributed by atoms with Crippen molar-refractivity contribution in [3.63, 3.8) is 0 Å². The Balaban J connectivity index is 1.91. The first-order valence-corrected chi connectivity index (χ1v) is 12.9. The van der Waals surface area contributed by atoms with Gasteiger partial charge >= 0.3 is 6.18 Å². The summed E-state index contributed by atoms with van der Waals surface area (Å²) in [5, 5.41) is 1.97. The van der Waals surface area contributed by atoms with Gasteiger partial charge < -0.3 is 10.3 Å². The number of halogens is 5. The number of thioether (sulfide) groups is 1. The third kappa shape index (κ3) is 5.60. The lowest BCUT2D eigenvalue weighted by atomic mass is 10.0. The Morgan fingerprint density at radius 1 is 1.03 bits per heavy atom. The van der Waals surface area contributed by atoms with Crippen LogP contribution in [0.25, 0.3) is 22.5 Å². The highest BCUT2D eigenvalue weighted by atomic mass is 35.5. The molecule has 37 heavy (non-hydrogen) atoms. The van der Waals surface area contributed by atoms with Crippen LogP contribution in [0.4, 0.5) is 18.9 Å². The average molecular weight is 564 g/mol. The Labute approximate surface area is 226 Å². The molecule has 4 rings (SSSR count). The van der Waals surface area contributed by atoms with Crippen LogP contribution in [0, 0.1) is 6.92 Å². The van der Waals surface area contributed by atoms with Crippen molar-refractivity contribution in [1.82, 2.24) is 9.55 Å². The number of nitrogens with zero attached hydrogens (tertiary/aromatic N) is 3. The van der Waals surface area contributed by atoms with Crippen LogP contribution in [0.3, 0.4) is 0 Å². The molecule has 0 unspecified atom stereocenters. The van der Waals surface area contributed by atoms with Crippen LogP contribution in [0.15, 0.2) is 78.0 Å². The molecule has 11 heteroatoms. The molecule has 0 aliphatic rings. The fourth-order valence-corrected chi connectivity index (χ4v) is 4.61. The molecule has 5 nitrogen and oxygen atoms in total. The number of hydrazine groups is 1. The molecule has 4 N–H and O–H groups in total. The zero-order valence-corrected chi connectivity index (χ0v) is 22.1. The number of benzene rings is 3. The normalized spacial score (nSPS) is 12.2. The molecule has 0 spiro atoms. The van der Waals surface area contributed by atoms with E-state index >= 15 is 0 Å². The number of hydrogen-bond donors (Lipinski definition) is 2. The first kappa shape index (κ1) is 26.9. The van der Waals surface area contributed by atoms with Crippen molar-refractivity contribution in [2.24, 2.45) is 11.6 Å². The molecule has 0 radical (unpaired) electrons. The monoisotopic (exact) mass is 563 g/mol. The second-order valence-corrected chi connectivity index (χ2v) is 9.72. The van der Waals surface area contributed by atoms with E-state index in [4.69, 9.17) is 34.8 Å².